The zero-order valence-corrected chi connectivity index (χ0v) is 12.7. The van der Waals surface area contributed by atoms with Gasteiger partial charge in [0, 0.05) is 45.1 Å². The van der Waals surface area contributed by atoms with Crippen LogP contribution in [0.2, 0.25) is 0 Å². The molecule has 6 nitrogen and oxygen atoms in total. The topological polar surface area (TPSA) is 70.7 Å². The number of hydrogen-bond acceptors (Lipinski definition) is 4. The van der Waals surface area contributed by atoms with Crippen molar-refractivity contribution in [2.75, 3.05) is 39.4 Å². The van der Waals surface area contributed by atoms with E-state index < -0.39 is 0 Å². The largest absolute Gasteiger partial charge is 0.379 e. The van der Waals surface area contributed by atoms with Crippen LogP contribution < -0.4 is 10.6 Å². The van der Waals surface area contributed by atoms with Crippen molar-refractivity contribution in [3.63, 3.8) is 0 Å². The van der Waals surface area contributed by atoms with Gasteiger partial charge >= 0.3 is 0 Å². The highest BCUT2D eigenvalue weighted by Gasteiger charge is 2.17. The molecule has 1 saturated carbocycles. The van der Waals surface area contributed by atoms with Crippen LogP contribution in [0.25, 0.3) is 0 Å². The van der Waals surface area contributed by atoms with E-state index >= 15 is 0 Å². The second-order valence-electron chi connectivity index (χ2n) is 5.85. The fourth-order valence-corrected chi connectivity index (χ4v) is 2.86. The van der Waals surface area contributed by atoms with Gasteiger partial charge in [0.15, 0.2) is 0 Å². The maximum absolute atomic E-state index is 11.7. The summed E-state index contributed by atoms with van der Waals surface area (Å²) in [4.78, 5) is 25.7. The summed E-state index contributed by atoms with van der Waals surface area (Å²) in [6.45, 7) is 4.90. The molecule has 2 aliphatic rings. The second-order valence-corrected chi connectivity index (χ2v) is 5.85. The predicted molar refractivity (Wildman–Crippen MR) is 79.9 cm³/mol. The van der Waals surface area contributed by atoms with Crippen molar-refractivity contribution >= 4 is 11.8 Å². The number of nitrogens with zero attached hydrogens (tertiary/aromatic N) is 1. The summed E-state index contributed by atoms with van der Waals surface area (Å²) in [5, 5.41) is 5.88. The standard InChI is InChI=1S/C15H27N3O3/c19-14(16-7-8-18-9-11-21-12-10-18)5-6-15(20)17-13-3-1-2-4-13/h13H,1-12H2,(H,16,19)(H,17,20). The fraction of sp³-hybridized carbons (Fsp3) is 0.867. The molecule has 0 bridgehead atoms. The van der Waals surface area contributed by atoms with Crippen molar-refractivity contribution in [1.29, 1.82) is 0 Å². The van der Waals surface area contributed by atoms with E-state index in [1.807, 2.05) is 0 Å². The first-order chi connectivity index (χ1) is 10.2. The summed E-state index contributed by atoms with van der Waals surface area (Å²) in [6, 6.07) is 0.335. The lowest BCUT2D eigenvalue weighted by Crippen LogP contribution is -2.41. The van der Waals surface area contributed by atoms with Gasteiger partial charge in [0.05, 0.1) is 13.2 Å². The number of nitrogens with one attached hydrogen (secondary N) is 2. The molecule has 0 aromatic carbocycles. The van der Waals surface area contributed by atoms with Gasteiger partial charge < -0.3 is 15.4 Å². The predicted octanol–water partition coefficient (Wildman–Crippen LogP) is 0.274. The smallest absolute Gasteiger partial charge is 0.220 e. The third kappa shape index (κ3) is 6.44. The van der Waals surface area contributed by atoms with Crippen molar-refractivity contribution in [2.24, 2.45) is 0 Å². The Morgan fingerprint density at radius 1 is 1.05 bits per heavy atom. The first-order valence-corrected chi connectivity index (χ1v) is 8.10. The van der Waals surface area contributed by atoms with Crippen LogP contribution in [0.1, 0.15) is 38.5 Å². The van der Waals surface area contributed by atoms with Crippen LogP contribution in [0.4, 0.5) is 0 Å². The molecule has 2 fully saturated rings. The fourth-order valence-electron chi connectivity index (χ4n) is 2.86. The number of morpholine rings is 1. The Labute approximate surface area is 126 Å². The molecule has 0 aromatic rings. The lowest BCUT2D eigenvalue weighted by molar-refractivity contribution is -0.126. The Morgan fingerprint density at radius 3 is 2.43 bits per heavy atom. The number of ether oxygens (including phenoxy) is 1. The van der Waals surface area contributed by atoms with E-state index in [9.17, 15) is 9.59 Å². The summed E-state index contributed by atoms with van der Waals surface area (Å²) in [5.41, 5.74) is 0. The summed E-state index contributed by atoms with van der Waals surface area (Å²) in [5.74, 6) is -0.0324. The van der Waals surface area contributed by atoms with Crippen LogP contribution in [-0.2, 0) is 14.3 Å². The minimum Gasteiger partial charge on any atom is -0.379 e. The lowest BCUT2D eigenvalue weighted by Gasteiger charge is -2.26. The van der Waals surface area contributed by atoms with Gasteiger partial charge in [0.25, 0.3) is 0 Å². The Kier molecular flexibility index (Phi) is 6.95. The van der Waals surface area contributed by atoms with Crippen LogP contribution in [-0.4, -0.2) is 62.1 Å². The monoisotopic (exact) mass is 297 g/mol. The molecule has 0 aromatic heterocycles. The molecule has 0 unspecified atom stereocenters. The van der Waals surface area contributed by atoms with Crippen LogP contribution in [0.15, 0.2) is 0 Å². The second kappa shape index (κ2) is 9.00. The first kappa shape index (κ1) is 16.2. The molecule has 2 rings (SSSR count). The number of amides is 2. The third-order valence-electron chi connectivity index (χ3n) is 4.15. The van der Waals surface area contributed by atoms with E-state index in [2.05, 4.69) is 15.5 Å². The normalized spacial score (nSPS) is 20.4. The van der Waals surface area contributed by atoms with E-state index in [4.69, 9.17) is 4.74 Å². The minimum atomic E-state index is -0.0372. The molecule has 1 saturated heterocycles. The van der Waals surface area contributed by atoms with Crippen molar-refractivity contribution in [3.8, 4) is 0 Å². The molecule has 2 N–H and O–H groups in total. The maximum atomic E-state index is 11.7. The van der Waals surface area contributed by atoms with Crippen molar-refractivity contribution in [1.82, 2.24) is 15.5 Å². The van der Waals surface area contributed by atoms with Crippen LogP contribution >= 0.6 is 0 Å². The van der Waals surface area contributed by atoms with Crippen LogP contribution in [0.3, 0.4) is 0 Å². The molecule has 1 aliphatic heterocycles. The summed E-state index contributed by atoms with van der Waals surface area (Å²) >= 11 is 0. The Bertz CT molecular complexity index is 337. The number of rotatable bonds is 7. The molecule has 6 heteroatoms. The van der Waals surface area contributed by atoms with Gasteiger partial charge in [-0.15, -0.1) is 0 Å². The van der Waals surface area contributed by atoms with E-state index in [0.29, 0.717) is 19.0 Å². The Morgan fingerprint density at radius 2 is 1.71 bits per heavy atom. The molecule has 1 aliphatic carbocycles. The van der Waals surface area contributed by atoms with Gasteiger partial charge in [-0.2, -0.15) is 0 Å². The van der Waals surface area contributed by atoms with Crippen molar-refractivity contribution < 1.29 is 14.3 Å². The summed E-state index contributed by atoms with van der Waals surface area (Å²) in [7, 11) is 0. The average Bonchev–Trinajstić information content (AvgIpc) is 2.99. The number of hydrogen-bond donors (Lipinski definition) is 2. The molecular formula is C15H27N3O3. The quantitative estimate of drug-likeness (QED) is 0.708. The first-order valence-electron chi connectivity index (χ1n) is 8.10. The molecule has 1 heterocycles. The van der Waals surface area contributed by atoms with Gasteiger partial charge in [0.2, 0.25) is 11.8 Å². The van der Waals surface area contributed by atoms with Gasteiger partial charge in [-0.05, 0) is 12.8 Å². The Balaban J connectivity index is 1.49. The molecule has 120 valence electrons. The highest BCUT2D eigenvalue weighted by Crippen LogP contribution is 2.17. The average molecular weight is 297 g/mol. The van der Waals surface area contributed by atoms with Gasteiger partial charge in [-0.1, -0.05) is 12.8 Å². The van der Waals surface area contributed by atoms with Gasteiger partial charge in [-0.3, -0.25) is 14.5 Å². The van der Waals surface area contributed by atoms with E-state index in [1.165, 1.54) is 12.8 Å². The summed E-state index contributed by atoms with van der Waals surface area (Å²) < 4.78 is 5.27. The Hall–Kier alpha value is -1.14. The third-order valence-corrected chi connectivity index (χ3v) is 4.15. The number of carbonyl (C=O) groups excluding carboxylic acids is 2. The molecular weight excluding hydrogens is 270 g/mol. The van der Waals surface area contributed by atoms with Crippen molar-refractivity contribution in [2.45, 2.75) is 44.6 Å². The van der Waals surface area contributed by atoms with Gasteiger partial charge in [0.1, 0.15) is 0 Å². The molecule has 2 amide bonds. The molecule has 0 spiro atoms. The number of carbonyl (C=O) groups is 2. The minimum absolute atomic E-state index is 0.00484. The van der Waals surface area contributed by atoms with Gasteiger partial charge in [-0.25, -0.2) is 0 Å². The van der Waals surface area contributed by atoms with E-state index in [0.717, 1.165) is 45.7 Å². The lowest BCUT2D eigenvalue weighted by atomic mass is 10.2. The van der Waals surface area contributed by atoms with Crippen LogP contribution in [0, 0.1) is 0 Å². The molecule has 0 atom stereocenters. The highest BCUT2D eigenvalue weighted by molar-refractivity contribution is 5.83. The maximum Gasteiger partial charge on any atom is 0.220 e. The molecule has 0 radical (unpaired) electrons. The molecule has 21 heavy (non-hydrogen) atoms. The van der Waals surface area contributed by atoms with Crippen molar-refractivity contribution in [3.05, 3.63) is 0 Å². The van der Waals surface area contributed by atoms with E-state index in [-0.39, 0.29) is 18.2 Å². The van der Waals surface area contributed by atoms with E-state index in [1.54, 1.807) is 0 Å². The van der Waals surface area contributed by atoms with Crippen LogP contribution in [0.5, 0.6) is 0 Å². The highest BCUT2D eigenvalue weighted by atomic mass is 16.5. The SMILES string of the molecule is O=C(CCC(=O)NC1CCCC1)NCCN1CCOCC1. The summed E-state index contributed by atoms with van der Waals surface area (Å²) in [6.07, 6.45) is 5.14. The zero-order valence-electron chi connectivity index (χ0n) is 12.7. The zero-order chi connectivity index (χ0) is 14.9.